The van der Waals surface area contributed by atoms with E-state index in [9.17, 15) is 16.8 Å². The third-order valence-electron chi connectivity index (χ3n) is 10.1. The van der Waals surface area contributed by atoms with Crippen LogP contribution in [-0.2, 0) is 20.0 Å². The van der Waals surface area contributed by atoms with Crippen LogP contribution in [0.25, 0.3) is 0 Å². The molecule has 6 nitrogen and oxygen atoms in total. The van der Waals surface area contributed by atoms with Gasteiger partial charge in [-0.3, -0.25) is 0 Å². The summed E-state index contributed by atoms with van der Waals surface area (Å²) in [6.45, 7) is 4.52. The van der Waals surface area contributed by atoms with E-state index in [1.807, 2.05) is 0 Å². The Bertz CT molecular complexity index is 2200. The van der Waals surface area contributed by atoms with Gasteiger partial charge in [0.25, 0.3) is 0 Å². The predicted molar refractivity (Wildman–Crippen MR) is 225 cm³/mol. The van der Waals surface area contributed by atoms with Gasteiger partial charge in [0.2, 0.25) is 0 Å². The van der Waals surface area contributed by atoms with E-state index in [2.05, 4.69) is 6.58 Å². The van der Waals surface area contributed by atoms with Gasteiger partial charge in [0, 0.05) is 0 Å². The van der Waals surface area contributed by atoms with Crippen molar-refractivity contribution in [2.24, 2.45) is 0 Å². The molecular weight excluding hydrogens is 837 g/mol. The van der Waals surface area contributed by atoms with Gasteiger partial charge in [0.1, 0.15) is 0 Å². The molecule has 0 aliphatic carbocycles. The molecule has 0 saturated heterocycles. The molecule has 0 fully saturated rings. The number of rotatable bonds is 13. The van der Waals surface area contributed by atoms with Crippen LogP contribution in [-0.4, -0.2) is 41.7 Å². The van der Waals surface area contributed by atoms with E-state index in [4.69, 9.17) is 0 Å². The Morgan fingerprint density at radius 3 is 0.776 bits per heavy atom. The maximum absolute atomic E-state index is 15.2. The zero-order valence-electron chi connectivity index (χ0n) is 30.7. The summed E-state index contributed by atoms with van der Waals surface area (Å²) in [5, 5.41) is 2.30. The van der Waals surface area contributed by atoms with E-state index in [1.54, 1.807) is 182 Å². The van der Waals surface area contributed by atoms with Crippen molar-refractivity contribution in [3.05, 3.63) is 195 Å². The van der Waals surface area contributed by atoms with E-state index in [-0.39, 0.29) is 0 Å². The zero-order valence-corrected chi connectivity index (χ0v) is 34.3. The van der Waals surface area contributed by atoms with E-state index in [0.717, 1.165) is 6.92 Å². The SMILES string of the molecule is C=CC(C)(N([PH](c1ccccc1)(c1ccccc1)c1ccccc1)[PH](c1ccccc1)(c1ccccc1)c1ccccc1)N(S(=O)(=O)C(F)(F)F)S(=O)(=O)C(F)(F)F. The van der Waals surface area contributed by atoms with Crippen molar-refractivity contribution >= 4 is 66.7 Å². The molecule has 1 atom stereocenters. The van der Waals surface area contributed by atoms with Crippen molar-refractivity contribution < 1.29 is 43.2 Å². The fraction of sp³-hybridized carbons (Fsp3) is 0.0952. The van der Waals surface area contributed by atoms with Crippen LogP contribution in [0.3, 0.4) is 0 Å². The van der Waals surface area contributed by atoms with Gasteiger partial charge < -0.3 is 0 Å². The molecule has 0 aromatic heterocycles. The fourth-order valence-corrected chi connectivity index (χ4v) is 25.0. The molecule has 0 spiro atoms. The first-order chi connectivity index (χ1) is 27.4. The summed E-state index contributed by atoms with van der Waals surface area (Å²) in [4.78, 5) is 0. The number of hydrogen-bond acceptors (Lipinski definition) is 5. The topological polar surface area (TPSA) is 74.8 Å². The monoisotopic (exact) mass is 874 g/mol. The van der Waals surface area contributed by atoms with Crippen LogP contribution < -0.4 is 31.8 Å². The maximum atomic E-state index is 15.2. The van der Waals surface area contributed by atoms with Gasteiger partial charge in [-0.15, -0.1) is 0 Å². The van der Waals surface area contributed by atoms with Crippen molar-refractivity contribution in [2.45, 2.75) is 23.6 Å². The van der Waals surface area contributed by atoms with Crippen LogP contribution >= 0.6 is 14.8 Å². The molecule has 0 radical (unpaired) electrons. The number of benzene rings is 6. The second kappa shape index (κ2) is 16.2. The van der Waals surface area contributed by atoms with Gasteiger partial charge in [-0.05, 0) is 0 Å². The van der Waals surface area contributed by atoms with Gasteiger partial charge >= 0.3 is 336 Å². The molecule has 58 heavy (non-hydrogen) atoms. The second-order valence-corrected chi connectivity index (χ2v) is 24.8. The summed E-state index contributed by atoms with van der Waals surface area (Å²) >= 11 is 0. The Kier molecular flexibility index (Phi) is 12.0. The van der Waals surface area contributed by atoms with Gasteiger partial charge in [0.15, 0.2) is 0 Å². The number of nitrogens with zero attached hydrogens (tertiary/aromatic N) is 2. The second-order valence-electron chi connectivity index (χ2n) is 13.3. The van der Waals surface area contributed by atoms with Crippen LogP contribution in [0.1, 0.15) is 6.92 Å². The zero-order chi connectivity index (χ0) is 42.0. The third-order valence-corrected chi connectivity index (χ3v) is 25.3. The number of alkyl halides is 6. The van der Waals surface area contributed by atoms with Gasteiger partial charge in [0.05, 0.1) is 0 Å². The van der Waals surface area contributed by atoms with Gasteiger partial charge in [-0.25, -0.2) is 0 Å². The summed E-state index contributed by atoms with van der Waals surface area (Å²) in [5.74, 6) is 0. The molecule has 0 amide bonds. The van der Waals surface area contributed by atoms with Crippen LogP contribution in [0, 0.1) is 0 Å². The van der Waals surface area contributed by atoms with Crippen LogP contribution in [0.5, 0.6) is 0 Å². The quantitative estimate of drug-likeness (QED) is 0.0522. The van der Waals surface area contributed by atoms with Crippen LogP contribution in [0.2, 0.25) is 0 Å². The molecule has 16 heteroatoms. The Hall–Kier alpha value is -4.68. The van der Waals surface area contributed by atoms with Gasteiger partial charge in [-0.2, -0.15) is 0 Å². The standard InChI is InChI=1S/C42H38F6N2O4P2S2/c1-3-40(2,50(57(51,52)41(43,44)45)58(53,54)42(46,47)48)49(55(34-22-10-4-11-23-34,35-24-12-5-13-25-35)36-26-14-6-15-27-36)56(37-28-16-7-17-29-37,38-30-18-8-19-31-38)39-32-20-9-21-33-39/h3-33,55-56H,1H2,2H3. The first-order valence-corrected chi connectivity index (χ1v) is 24.4. The van der Waals surface area contributed by atoms with Crippen molar-refractivity contribution in [3.63, 3.8) is 0 Å². The van der Waals surface area contributed by atoms with Crippen LogP contribution in [0.4, 0.5) is 26.3 Å². The van der Waals surface area contributed by atoms with E-state index < -0.39 is 55.3 Å². The molecule has 0 heterocycles. The molecule has 0 bridgehead atoms. The van der Waals surface area contributed by atoms with Gasteiger partial charge in [-0.1, -0.05) is 0 Å². The van der Waals surface area contributed by atoms with Crippen molar-refractivity contribution in [2.75, 3.05) is 0 Å². The minimum atomic E-state index is -7.45. The molecule has 6 aromatic rings. The summed E-state index contributed by atoms with van der Waals surface area (Å²) in [5.41, 5.74) is -16.5. The first-order valence-electron chi connectivity index (χ1n) is 17.6. The number of hydrogen-bond donors (Lipinski definition) is 0. The molecule has 1 unspecified atom stereocenters. The summed E-state index contributed by atoms with van der Waals surface area (Å²) in [6, 6.07) is 50.0. The summed E-state index contributed by atoms with van der Waals surface area (Å²) < 4.78 is 147. The molecule has 6 rings (SSSR count). The number of sulfonamides is 2. The van der Waals surface area contributed by atoms with Crippen molar-refractivity contribution in [1.82, 2.24) is 8.15 Å². The average molecular weight is 875 g/mol. The minimum absolute atomic E-state index is 0.383. The Labute approximate surface area is 335 Å². The van der Waals surface area contributed by atoms with Crippen molar-refractivity contribution in [1.29, 1.82) is 0 Å². The summed E-state index contributed by atoms with van der Waals surface area (Å²) in [7, 11) is -24.3. The van der Waals surface area contributed by atoms with E-state index in [0.29, 0.717) is 37.9 Å². The first kappa shape index (κ1) is 42.9. The van der Waals surface area contributed by atoms with E-state index in [1.165, 1.54) is 4.44 Å². The van der Waals surface area contributed by atoms with Crippen LogP contribution in [0.15, 0.2) is 195 Å². The molecule has 6 aromatic carbocycles. The summed E-state index contributed by atoms with van der Waals surface area (Å²) in [6.07, 6.45) is 0.576. The molecule has 0 aliphatic rings. The Balaban J connectivity index is 2.07. The molecule has 304 valence electrons. The predicted octanol–water partition coefficient (Wildman–Crippen LogP) is 7.47. The van der Waals surface area contributed by atoms with E-state index >= 15 is 26.3 Å². The average Bonchev–Trinajstić information content (AvgIpc) is 3.22. The molecular formula is C42H38F6N2O4P2S2. The Morgan fingerprint density at radius 2 is 0.621 bits per heavy atom. The fourth-order valence-electron chi connectivity index (χ4n) is 7.83. The van der Waals surface area contributed by atoms with Crippen molar-refractivity contribution in [3.8, 4) is 0 Å². The normalized spacial score (nSPS) is 14.8. The third kappa shape index (κ3) is 6.99. The Morgan fingerprint density at radius 1 is 0.431 bits per heavy atom. The molecule has 0 aliphatic heterocycles. The molecule has 0 N–H and O–H groups in total. The number of halogens is 6. The molecule has 0 saturated carbocycles.